The maximum atomic E-state index is 2.34. The van der Waals surface area contributed by atoms with Crippen LogP contribution >= 0.6 is 0 Å². The van der Waals surface area contributed by atoms with Gasteiger partial charge in [0.25, 0.3) is 0 Å². The predicted octanol–water partition coefficient (Wildman–Crippen LogP) is 12.4. The fourth-order valence-electron chi connectivity index (χ4n) is 6.57. The minimum atomic E-state index is 1.04. The fourth-order valence-corrected chi connectivity index (χ4v) is 6.57. The van der Waals surface area contributed by atoms with Gasteiger partial charge in [-0.15, -0.1) is 0 Å². The Bertz CT molecular complexity index is 366. The predicted molar refractivity (Wildman–Crippen MR) is 152 cm³/mol. The molecule has 0 spiro atoms. The standard InChI is InChI=1S/C33H66/c1-4-7-10-13-16-18-21-26-31(25-20-17-14-11-8-5-2)30-33(32-27-23-24-28-32)29-22-19-15-12-9-6-3/h31-33H,4-30H2,1-3H3. The second-order valence-electron chi connectivity index (χ2n) is 11.9. The number of hydrogen-bond acceptors (Lipinski definition) is 0. The Morgan fingerprint density at radius 3 is 1.24 bits per heavy atom. The normalized spacial score (nSPS) is 16.5. The van der Waals surface area contributed by atoms with Gasteiger partial charge < -0.3 is 0 Å². The monoisotopic (exact) mass is 463 g/mol. The van der Waals surface area contributed by atoms with Gasteiger partial charge in [0.15, 0.2) is 0 Å². The van der Waals surface area contributed by atoms with Crippen molar-refractivity contribution in [1.29, 1.82) is 0 Å². The van der Waals surface area contributed by atoms with Gasteiger partial charge in [0.1, 0.15) is 0 Å². The summed E-state index contributed by atoms with van der Waals surface area (Å²) in [6.45, 7) is 7.01. The Morgan fingerprint density at radius 1 is 0.455 bits per heavy atom. The largest absolute Gasteiger partial charge is 0.0654 e. The molecule has 0 bridgehead atoms. The smallest absolute Gasteiger partial charge is 0.0383 e. The first-order valence-electron chi connectivity index (χ1n) is 16.3. The molecule has 0 aromatic rings. The molecule has 0 heteroatoms. The van der Waals surface area contributed by atoms with Gasteiger partial charge in [0.05, 0.1) is 0 Å². The van der Waals surface area contributed by atoms with E-state index < -0.39 is 0 Å². The molecule has 2 unspecified atom stereocenters. The van der Waals surface area contributed by atoms with Crippen LogP contribution in [-0.4, -0.2) is 0 Å². The van der Waals surface area contributed by atoms with E-state index in [0.29, 0.717) is 0 Å². The fraction of sp³-hybridized carbons (Fsp3) is 1.00. The molecule has 0 saturated heterocycles. The highest BCUT2D eigenvalue weighted by Gasteiger charge is 2.27. The van der Waals surface area contributed by atoms with Gasteiger partial charge in [-0.05, 0) is 24.2 Å². The Labute approximate surface area is 211 Å². The van der Waals surface area contributed by atoms with Crippen LogP contribution in [0.5, 0.6) is 0 Å². The molecule has 0 heterocycles. The van der Waals surface area contributed by atoms with Crippen LogP contribution in [-0.2, 0) is 0 Å². The van der Waals surface area contributed by atoms with Crippen molar-refractivity contribution in [3.8, 4) is 0 Å². The van der Waals surface area contributed by atoms with E-state index in [2.05, 4.69) is 20.8 Å². The average molecular weight is 463 g/mol. The first-order valence-corrected chi connectivity index (χ1v) is 16.3. The van der Waals surface area contributed by atoms with Crippen molar-refractivity contribution in [3.63, 3.8) is 0 Å². The summed E-state index contributed by atoms with van der Waals surface area (Å²) in [5.74, 6) is 3.19. The van der Waals surface area contributed by atoms with E-state index in [1.165, 1.54) is 135 Å². The summed E-state index contributed by atoms with van der Waals surface area (Å²) in [6, 6.07) is 0. The topological polar surface area (TPSA) is 0 Å². The Morgan fingerprint density at radius 2 is 0.818 bits per heavy atom. The third kappa shape index (κ3) is 18.0. The zero-order valence-corrected chi connectivity index (χ0v) is 23.8. The minimum absolute atomic E-state index is 1.04. The highest BCUT2D eigenvalue weighted by molar-refractivity contribution is 4.78. The van der Waals surface area contributed by atoms with Crippen LogP contribution in [0.1, 0.15) is 194 Å². The lowest BCUT2D eigenvalue weighted by Crippen LogP contribution is -2.17. The third-order valence-corrected chi connectivity index (χ3v) is 8.81. The van der Waals surface area contributed by atoms with E-state index in [9.17, 15) is 0 Å². The van der Waals surface area contributed by atoms with Crippen LogP contribution in [0.25, 0.3) is 0 Å². The maximum Gasteiger partial charge on any atom is -0.0383 e. The van der Waals surface area contributed by atoms with E-state index in [1.54, 1.807) is 38.5 Å². The SMILES string of the molecule is CCCCCCCCCC(CCCCCCCC)CC(CCCCCCCC)C1CCCC1. The average Bonchev–Trinajstić information content (AvgIpc) is 3.36. The molecule has 1 aliphatic carbocycles. The number of unbranched alkanes of at least 4 members (excludes halogenated alkanes) is 16. The molecule has 2 atom stereocenters. The van der Waals surface area contributed by atoms with E-state index in [0.717, 1.165) is 17.8 Å². The lowest BCUT2D eigenvalue weighted by Gasteiger charge is -2.28. The highest BCUT2D eigenvalue weighted by Crippen LogP contribution is 2.39. The summed E-state index contributed by atoms with van der Waals surface area (Å²) in [7, 11) is 0. The second kappa shape index (κ2) is 23.7. The Balaban J connectivity index is 2.44. The molecular formula is C33H66. The lowest BCUT2D eigenvalue weighted by molar-refractivity contribution is 0.228. The highest BCUT2D eigenvalue weighted by atomic mass is 14.3. The van der Waals surface area contributed by atoms with Crippen molar-refractivity contribution in [2.24, 2.45) is 17.8 Å². The van der Waals surface area contributed by atoms with Crippen LogP contribution in [0.3, 0.4) is 0 Å². The molecule has 0 aliphatic heterocycles. The first kappa shape index (κ1) is 31.0. The number of hydrogen-bond donors (Lipinski definition) is 0. The molecule has 0 aromatic carbocycles. The molecule has 0 aromatic heterocycles. The second-order valence-corrected chi connectivity index (χ2v) is 11.9. The molecule has 33 heavy (non-hydrogen) atoms. The van der Waals surface area contributed by atoms with Crippen LogP contribution < -0.4 is 0 Å². The van der Waals surface area contributed by atoms with Gasteiger partial charge in [-0.2, -0.15) is 0 Å². The van der Waals surface area contributed by atoms with Gasteiger partial charge in [0, 0.05) is 0 Å². The van der Waals surface area contributed by atoms with E-state index in [1.807, 2.05) is 0 Å². The summed E-state index contributed by atoms with van der Waals surface area (Å²) < 4.78 is 0. The molecule has 198 valence electrons. The van der Waals surface area contributed by atoms with E-state index in [4.69, 9.17) is 0 Å². The quantitative estimate of drug-likeness (QED) is 0.118. The van der Waals surface area contributed by atoms with Gasteiger partial charge in [-0.25, -0.2) is 0 Å². The first-order chi connectivity index (χ1) is 16.3. The maximum absolute atomic E-state index is 2.34. The Hall–Kier alpha value is 0. The molecule has 1 aliphatic rings. The van der Waals surface area contributed by atoms with Crippen molar-refractivity contribution in [1.82, 2.24) is 0 Å². The van der Waals surface area contributed by atoms with Gasteiger partial charge in [-0.1, -0.05) is 188 Å². The van der Waals surface area contributed by atoms with Crippen molar-refractivity contribution in [3.05, 3.63) is 0 Å². The van der Waals surface area contributed by atoms with Crippen LogP contribution in [0.4, 0.5) is 0 Å². The van der Waals surface area contributed by atoms with Gasteiger partial charge >= 0.3 is 0 Å². The van der Waals surface area contributed by atoms with Crippen molar-refractivity contribution in [2.45, 2.75) is 194 Å². The van der Waals surface area contributed by atoms with E-state index >= 15 is 0 Å². The summed E-state index contributed by atoms with van der Waals surface area (Å²) in [5.41, 5.74) is 0. The molecule has 1 saturated carbocycles. The van der Waals surface area contributed by atoms with Crippen LogP contribution in [0.15, 0.2) is 0 Å². The summed E-state index contributed by atoms with van der Waals surface area (Å²) in [4.78, 5) is 0. The van der Waals surface area contributed by atoms with Gasteiger partial charge in [0.2, 0.25) is 0 Å². The molecule has 0 nitrogen and oxygen atoms in total. The molecule has 1 rings (SSSR count). The molecule has 1 fully saturated rings. The molecule has 0 N–H and O–H groups in total. The molecular weight excluding hydrogens is 396 g/mol. The minimum Gasteiger partial charge on any atom is -0.0654 e. The van der Waals surface area contributed by atoms with Crippen molar-refractivity contribution >= 4 is 0 Å². The summed E-state index contributed by atoms with van der Waals surface area (Å²) in [5, 5.41) is 0. The van der Waals surface area contributed by atoms with Crippen LogP contribution in [0.2, 0.25) is 0 Å². The zero-order valence-electron chi connectivity index (χ0n) is 23.8. The van der Waals surface area contributed by atoms with E-state index in [-0.39, 0.29) is 0 Å². The third-order valence-electron chi connectivity index (χ3n) is 8.81. The zero-order chi connectivity index (χ0) is 23.8. The van der Waals surface area contributed by atoms with Crippen molar-refractivity contribution in [2.75, 3.05) is 0 Å². The van der Waals surface area contributed by atoms with Crippen molar-refractivity contribution < 1.29 is 0 Å². The lowest BCUT2D eigenvalue weighted by atomic mass is 9.77. The summed E-state index contributed by atoms with van der Waals surface area (Å²) >= 11 is 0. The molecule has 0 amide bonds. The Kier molecular flexibility index (Phi) is 22.3. The van der Waals surface area contributed by atoms with Gasteiger partial charge in [-0.3, -0.25) is 0 Å². The summed E-state index contributed by atoms with van der Waals surface area (Å²) in [6.07, 6.45) is 40.3. The van der Waals surface area contributed by atoms with Crippen LogP contribution in [0, 0.1) is 17.8 Å². The number of rotatable bonds is 25. The molecule has 0 radical (unpaired) electrons.